The van der Waals surface area contributed by atoms with Gasteiger partial charge in [-0.15, -0.1) is 0 Å². The van der Waals surface area contributed by atoms with Crippen LogP contribution in [0.15, 0.2) is 24.3 Å². The topological polar surface area (TPSA) is 89.3 Å². The molecule has 1 aliphatic carbocycles. The Balaban J connectivity index is 1.67. The van der Waals surface area contributed by atoms with E-state index in [1.807, 2.05) is 24.3 Å². The Morgan fingerprint density at radius 3 is 2.75 bits per heavy atom. The first-order chi connectivity index (χ1) is 11.7. The number of aliphatic hydroxyl groups excluding tert-OH is 1. The van der Waals surface area contributed by atoms with Gasteiger partial charge in [0.25, 0.3) is 0 Å². The smallest absolute Gasteiger partial charge is 0.216 e. The molecule has 0 spiro atoms. The maximum absolute atomic E-state index is 10.8. The summed E-state index contributed by atoms with van der Waals surface area (Å²) in [5, 5.41) is 16.4. The zero-order valence-corrected chi connectivity index (χ0v) is 13.7. The zero-order valence-electron chi connectivity index (χ0n) is 13.7. The maximum Gasteiger partial charge on any atom is 0.216 e. The molecule has 0 bridgehead atoms. The maximum atomic E-state index is 10.8. The molecular formula is C17H22N4O3. The standard InChI is InChI=1S/C17H22N4O3/c1-12(23)18-8-11-24-15-6-4-14(5-7-15)17-19-16(13-2-3-13)20-21(17)9-10-22/h4-7,13,22H,2-3,8-11H2,1H3,(H,18,23). The lowest BCUT2D eigenvalue weighted by atomic mass is 10.2. The van der Waals surface area contributed by atoms with Gasteiger partial charge in [-0.1, -0.05) is 0 Å². The number of hydrogen-bond donors (Lipinski definition) is 2. The number of nitrogens with zero attached hydrogens (tertiary/aromatic N) is 3. The van der Waals surface area contributed by atoms with Crippen molar-refractivity contribution in [3.05, 3.63) is 30.1 Å². The van der Waals surface area contributed by atoms with Gasteiger partial charge in [-0.2, -0.15) is 5.10 Å². The van der Waals surface area contributed by atoms with Crippen LogP contribution < -0.4 is 10.1 Å². The van der Waals surface area contributed by atoms with Crippen LogP contribution in [0.5, 0.6) is 5.75 Å². The molecule has 1 aliphatic rings. The Morgan fingerprint density at radius 2 is 2.12 bits per heavy atom. The lowest BCUT2D eigenvalue weighted by Gasteiger charge is -2.08. The van der Waals surface area contributed by atoms with Crippen molar-refractivity contribution in [1.29, 1.82) is 0 Å². The van der Waals surface area contributed by atoms with Crippen LogP contribution in [-0.4, -0.2) is 45.5 Å². The van der Waals surface area contributed by atoms with Gasteiger partial charge in [0.2, 0.25) is 5.91 Å². The fraction of sp³-hybridized carbons (Fsp3) is 0.471. The number of aliphatic hydroxyl groups is 1. The van der Waals surface area contributed by atoms with Crippen molar-refractivity contribution >= 4 is 5.91 Å². The van der Waals surface area contributed by atoms with Crippen molar-refractivity contribution in [2.75, 3.05) is 19.8 Å². The molecule has 24 heavy (non-hydrogen) atoms. The third-order valence-corrected chi connectivity index (χ3v) is 3.80. The first kappa shape index (κ1) is 16.4. The van der Waals surface area contributed by atoms with E-state index in [0.717, 1.165) is 35.8 Å². The molecule has 0 saturated heterocycles. The van der Waals surface area contributed by atoms with Crippen LogP contribution in [0.3, 0.4) is 0 Å². The highest BCUT2D eigenvalue weighted by atomic mass is 16.5. The molecule has 1 heterocycles. The lowest BCUT2D eigenvalue weighted by molar-refractivity contribution is -0.119. The van der Waals surface area contributed by atoms with Gasteiger partial charge < -0.3 is 15.2 Å². The molecule has 2 aromatic rings. The van der Waals surface area contributed by atoms with Crippen molar-refractivity contribution in [3.63, 3.8) is 0 Å². The lowest BCUT2D eigenvalue weighted by Crippen LogP contribution is -2.25. The molecule has 1 aromatic heterocycles. The van der Waals surface area contributed by atoms with Crippen LogP contribution in [0.4, 0.5) is 0 Å². The van der Waals surface area contributed by atoms with E-state index in [2.05, 4.69) is 15.4 Å². The number of benzene rings is 1. The van der Waals surface area contributed by atoms with Gasteiger partial charge in [0.15, 0.2) is 11.6 Å². The molecule has 128 valence electrons. The number of carbonyl (C=O) groups is 1. The molecule has 0 aliphatic heterocycles. The molecule has 1 amide bonds. The van der Waals surface area contributed by atoms with Gasteiger partial charge in [0.05, 0.1) is 19.7 Å². The van der Waals surface area contributed by atoms with E-state index in [0.29, 0.717) is 25.6 Å². The summed E-state index contributed by atoms with van der Waals surface area (Å²) in [5.41, 5.74) is 0.942. The van der Waals surface area contributed by atoms with E-state index in [4.69, 9.17) is 4.74 Å². The second-order valence-electron chi connectivity index (χ2n) is 5.87. The van der Waals surface area contributed by atoms with Gasteiger partial charge in [0.1, 0.15) is 12.4 Å². The number of aromatic nitrogens is 3. The summed E-state index contributed by atoms with van der Waals surface area (Å²) < 4.78 is 7.35. The van der Waals surface area contributed by atoms with Crippen LogP contribution in [-0.2, 0) is 11.3 Å². The first-order valence-electron chi connectivity index (χ1n) is 8.20. The minimum Gasteiger partial charge on any atom is -0.492 e. The SMILES string of the molecule is CC(=O)NCCOc1ccc(-c2nc(C3CC3)nn2CCO)cc1. The highest BCUT2D eigenvalue weighted by Gasteiger charge is 2.29. The highest BCUT2D eigenvalue weighted by molar-refractivity contribution is 5.72. The van der Waals surface area contributed by atoms with E-state index in [1.165, 1.54) is 6.92 Å². The van der Waals surface area contributed by atoms with Crippen LogP contribution in [0.1, 0.15) is 31.5 Å². The molecule has 1 aromatic carbocycles. The number of rotatable bonds is 8. The fourth-order valence-corrected chi connectivity index (χ4v) is 2.43. The quantitative estimate of drug-likeness (QED) is 0.713. The molecule has 7 heteroatoms. The molecule has 1 fully saturated rings. The van der Waals surface area contributed by atoms with Gasteiger partial charge in [-0.3, -0.25) is 4.79 Å². The fourth-order valence-electron chi connectivity index (χ4n) is 2.43. The van der Waals surface area contributed by atoms with Crippen molar-refractivity contribution in [3.8, 4) is 17.1 Å². The molecule has 3 rings (SSSR count). The third kappa shape index (κ3) is 4.11. The van der Waals surface area contributed by atoms with E-state index in [-0.39, 0.29) is 12.5 Å². The third-order valence-electron chi connectivity index (χ3n) is 3.80. The summed E-state index contributed by atoms with van der Waals surface area (Å²) in [5.74, 6) is 2.79. The van der Waals surface area contributed by atoms with Crippen LogP contribution in [0.2, 0.25) is 0 Å². The predicted octanol–water partition coefficient (Wildman–Crippen LogP) is 1.33. The number of nitrogens with one attached hydrogen (secondary N) is 1. The average molecular weight is 330 g/mol. The first-order valence-corrected chi connectivity index (χ1v) is 8.20. The Hall–Kier alpha value is -2.41. The Bertz CT molecular complexity index is 692. The van der Waals surface area contributed by atoms with Crippen molar-refractivity contribution in [1.82, 2.24) is 20.1 Å². The van der Waals surface area contributed by atoms with Crippen molar-refractivity contribution in [2.24, 2.45) is 0 Å². The van der Waals surface area contributed by atoms with Crippen molar-refractivity contribution in [2.45, 2.75) is 32.2 Å². The molecule has 7 nitrogen and oxygen atoms in total. The zero-order chi connectivity index (χ0) is 16.9. The highest BCUT2D eigenvalue weighted by Crippen LogP contribution is 2.39. The van der Waals surface area contributed by atoms with Crippen molar-refractivity contribution < 1.29 is 14.6 Å². The summed E-state index contributed by atoms with van der Waals surface area (Å²) in [6.07, 6.45) is 2.29. The van der Waals surface area contributed by atoms with Gasteiger partial charge in [-0.05, 0) is 37.1 Å². The number of carbonyl (C=O) groups excluding carboxylic acids is 1. The largest absolute Gasteiger partial charge is 0.492 e. The second-order valence-corrected chi connectivity index (χ2v) is 5.87. The average Bonchev–Trinajstić information content (AvgIpc) is 3.34. The molecule has 0 radical (unpaired) electrons. The number of hydrogen-bond acceptors (Lipinski definition) is 5. The Kier molecular flexibility index (Phi) is 5.10. The summed E-state index contributed by atoms with van der Waals surface area (Å²) in [6.45, 7) is 2.85. The van der Waals surface area contributed by atoms with E-state index >= 15 is 0 Å². The predicted molar refractivity (Wildman–Crippen MR) is 88.7 cm³/mol. The molecular weight excluding hydrogens is 308 g/mol. The minimum atomic E-state index is -0.0661. The van der Waals surface area contributed by atoms with Gasteiger partial charge >= 0.3 is 0 Å². The Labute approximate surface area is 140 Å². The van der Waals surface area contributed by atoms with Crippen LogP contribution >= 0.6 is 0 Å². The van der Waals surface area contributed by atoms with Gasteiger partial charge in [0, 0.05) is 18.4 Å². The molecule has 0 unspecified atom stereocenters. The second kappa shape index (κ2) is 7.44. The Morgan fingerprint density at radius 1 is 1.38 bits per heavy atom. The number of amides is 1. The summed E-state index contributed by atoms with van der Waals surface area (Å²) >= 11 is 0. The van der Waals surface area contributed by atoms with Gasteiger partial charge in [-0.25, -0.2) is 9.67 Å². The summed E-state index contributed by atoms with van der Waals surface area (Å²) in [4.78, 5) is 15.4. The summed E-state index contributed by atoms with van der Waals surface area (Å²) in [7, 11) is 0. The summed E-state index contributed by atoms with van der Waals surface area (Å²) in [6, 6.07) is 7.61. The minimum absolute atomic E-state index is 0.0325. The molecule has 1 saturated carbocycles. The molecule has 2 N–H and O–H groups in total. The van der Waals surface area contributed by atoms with Crippen LogP contribution in [0, 0.1) is 0 Å². The monoisotopic (exact) mass is 330 g/mol. The number of ether oxygens (including phenoxy) is 1. The van der Waals surface area contributed by atoms with E-state index < -0.39 is 0 Å². The van der Waals surface area contributed by atoms with Crippen LogP contribution in [0.25, 0.3) is 11.4 Å². The van der Waals surface area contributed by atoms with E-state index in [1.54, 1.807) is 4.68 Å². The molecule has 0 atom stereocenters. The van der Waals surface area contributed by atoms with E-state index in [9.17, 15) is 9.90 Å². The normalized spacial score (nSPS) is 13.8.